The predicted octanol–water partition coefficient (Wildman–Crippen LogP) is 2.19. The van der Waals surface area contributed by atoms with Crippen molar-refractivity contribution in [1.82, 2.24) is 10.2 Å². The molecule has 1 aliphatic heterocycles. The lowest BCUT2D eigenvalue weighted by Gasteiger charge is -2.30. The molecule has 3 nitrogen and oxygen atoms in total. The molecule has 20 heavy (non-hydrogen) atoms. The van der Waals surface area contributed by atoms with E-state index in [1.54, 1.807) is 11.9 Å². The van der Waals surface area contributed by atoms with Gasteiger partial charge >= 0.3 is 0 Å². The van der Waals surface area contributed by atoms with Gasteiger partial charge in [0.15, 0.2) is 0 Å². The molecule has 0 saturated carbocycles. The van der Waals surface area contributed by atoms with Crippen molar-refractivity contribution in [3.63, 3.8) is 0 Å². The number of nitrogens with zero attached hydrogens (tertiary/aromatic N) is 1. The summed E-state index contributed by atoms with van der Waals surface area (Å²) >= 11 is 0. The molecule has 0 radical (unpaired) electrons. The first-order chi connectivity index (χ1) is 9.59. The summed E-state index contributed by atoms with van der Waals surface area (Å²) in [6, 6.07) is 3.82. The maximum atomic E-state index is 13.4. The van der Waals surface area contributed by atoms with Crippen LogP contribution in [0.25, 0.3) is 6.08 Å². The van der Waals surface area contributed by atoms with E-state index >= 15 is 0 Å². The Morgan fingerprint density at radius 2 is 1.90 bits per heavy atom. The molecule has 1 heterocycles. The Kier molecular flexibility index (Phi) is 4.84. The van der Waals surface area contributed by atoms with Crippen molar-refractivity contribution >= 4 is 12.0 Å². The van der Waals surface area contributed by atoms with E-state index in [1.807, 2.05) is 0 Å². The Morgan fingerprint density at radius 3 is 2.50 bits per heavy atom. The van der Waals surface area contributed by atoms with Crippen LogP contribution in [-0.2, 0) is 4.79 Å². The van der Waals surface area contributed by atoms with Gasteiger partial charge in [0.2, 0.25) is 5.91 Å². The van der Waals surface area contributed by atoms with Crippen LogP contribution in [0.5, 0.6) is 0 Å². The topological polar surface area (TPSA) is 32.3 Å². The number of hydrogen-bond acceptors (Lipinski definition) is 2. The molecule has 1 aliphatic rings. The number of carbonyl (C=O) groups excluding carboxylic acids is 1. The highest BCUT2D eigenvalue weighted by Crippen LogP contribution is 2.15. The fourth-order valence-corrected chi connectivity index (χ4v) is 2.32. The molecular formula is C15H18F2N2O. The molecule has 5 heteroatoms. The Labute approximate surface area is 117 Å². The minimum Gasteiger partial charge on any atom is -0.339 e. The van der Waals surface area contributed by atoms with Crippen LogP contribution in [0.15, 0.2) is 24.3 Å². The van der Waals surface area contributed by atoms with E-state index in [-0.39, 0.29) is 17.5 Å². The zero-order valence-corrected chi connectivity index (χ0v) is 11.4. The highest BCUT2D eigenvalue weighted by atomic mass is 19.1. The second-order valence-electron chi connectivity index (χ2n) is 4.90. The van der Waals surface area contributed by atoms with Crippen molar-refractivity contribution in [2.75, 3.05) is 20.1 Å². The van der Waals surface area contributed by atoms with E-state index in [0.29, 0.717) is 0 Å². The molecule has 0 aromatic heterocycles. The molecule has 2 rings (SSSR count). The van der Waals surface area contributed by atoms with Crippen LogP contribution < -0.4 is 5.32 Å². The van der Waals surface area contributed by atoms with Gasteiger partial charge in [-0.25, -0.2) is 8.78 Å². The maximum Gasteiger partial charge on any atom is 0.246 e. The van der Waals surface area contributed by atoms with Gasteiger partial charge in [0.1, 0.15) is 11.6 Å². The average molecular weight is 280 g/mol. The molecule has 0 aliphatic carbocycles. The third-order valence-corrected chi connectivity index (χ3v) is 3.60. The van der Waals surface area contributed by atoms with Gasteiger partial charge in [0.05, 0.1) is 0 Å². The predicted molar refractivity (Wildman–Crippen MR) is 74.1 cm³/mol. The molecule has 1 aromatic rings. The minimum atomic E-state index is -0.668. The molecule has 1 fully saturated rings. The lowest BCUT2D eigenvalue weighted by molar-refractivity contribution is -0.127. The third kappa shape index (κ3) is 3.42. The van der Waals surface area contributed by atoms with Crippen molar-refractivity contribution in [3.8, 4) is 0 Å². The number of amides is 1. The largest absolute Gasteiger partial charge is 0.339 e. The lowest BCUT2D eigenvalue weighted by Crippen LogP contribution is -2.43. The molecule has 1 saturated heterocycles. The summed E-state index contributed by atoms with van der Waals surface area (Å²) in [4.78, 5) is 13.6. The monoisotopic (exact) mass is 280 g/mol. The normalized spacial score (nSPS) is 16.6. The van der Waals surface area contributed by atoms with E-state index in [2.05, 4.69) is 5.32 Å². The highest BCUT2D eigenvalue weighted by molar-refractivity contribution is 5.91. The van der Waals surface area contributed by atoms with Gasteiger partial charge in [-0.05, 0) is 44.1 Å². The highest BCUT2D eigenvalue weighted by Gasteiger charge is 2.20. The molecule has 1 aromatic carbocycles. The van der Waals surface area contributed by atoms with Crippen molar-refractivity contribution in [2.24, 2.45) is 0 Å². The summed E-state index contributed by atoms with van der Waals surface area (Å²) in [5.41, 5.74) is -0.181. The molecule has 1 amide bonds. The van der Waals surface area contributed by atoms with Gasteiger partial charge in [-0.3, -0.25) is 4.79 Å². The molecule has 0 spiro atoms. The van der Waals surface area contributed by atoms with Crippen LogP contribution in [0.1, 0.15) is 18.4 Å². The number of halogens is 2. The molecule has 1 N–H and O–H groups in total. The number of likely N-dealkylation sites (N-methyl/N-ethyl adjacent to an activating group) is 1. The smallest absolute Gasteiger partial charge is 0.246 e. The van der Waals surface area contributed by atoms with Crippen LogP contribution >= 0.6 is 0 Å². The van der Waals surface area contributed by atoms with Crippen LogP contribution in [0.4, 0.5) is 8.78 Å². The zero-order valence-electron chi connectivity index (χ0n) is 11.4. The Balaban J connectivity index is 2.05. The average Bonchev–Trinajstić information content (AvgIpc) is 2.46. The Morgan fingerprint density at radius 1 is 1.30 bits per heavy atom. The van der Waals surface area contributed by atoms with Gasteiger partial charge in [0.25, 0.3) is 0 Å². The second kappa shape index (κ2) is 6.61. The number of piperidine rings is 1. The maximum absolute atomic E-state index is 13.4. The number of carbonyl (C=O) groups is 1. The number of benzene rings is 1. The van der Waals surface area contributed by atoms with Crippen molar-refractivity contribution in [3.05, 3.63) is 41.5 Å². The van der Waals surface area contributed by atoms with E-state index in [9.17, 15) is 13.6 Å². The molecule has 0 atom stereocenters. The molecule has 0 unspecified atom stereocenters. The second-order valence-corrected chi connectivity index (χ2v) is 4.90. The van der Waals surface area contributed by atoms with E-state index < -0.39 is 11.6 Å². The van der Waals surface area contributed by atoms with E-state index in [0.717, 1.165) is 25.9 Å². The van der Waals surface area contributed by atoms with Crippen LogP contribution in [0.3, 0.4) is 0 Å². The molecule has 0 bridgehead atoms. The van der Waals surface area contributed by atoms with Gasteiger partial charge in [0, 0.05) is 24.7 Å². The van der Waals surface area contributed by atoms with Crippen molar-refractivity contribution in [2.45, 2.75) is 18.9 Å². The van der Waals surface area contributed by atoms with Gasteiger partial charge < -0.3 is 10.2 Å². The number of hydrogen-bond donors (Lipinski definition) is 1. The van der Waals surface area contributed by atoms with Crippen LogP contribution in [-0.4, -0.2) is 37.0 Å². The van der Waals surface area contributed by atoms with Crippen molar-refractivity contribution in [1.29, 1.82) is 0 Å². The SMILES string of the molecule is CN(C(=O)C=Cc1c(F)cccc1F)C1CCNCC1. The fourth-order valence-electron chi connectivity index (χ4n) is 2.32. The van der Waals surface area contributed by atoms with Gasteiger partial charge in [-0.1, -0.05) is 6.07 Å². The zero-order chi connectivity index (χ0) is 14.5. The quantitative estimate of drug-likeness (QED) is 0.861. The van der Waals surface area contributed by atoms with E-state index in [4.69, 9.17) is 0 Å². The first kappa shape index (κ1) is 14.7. The van der Waals surface area contributed by atoms with Gasteiger partial charge in [-0.2, -0.15) is 0 Å². The number of nitrogens with one attached hydrogen (secondary N) is 1. The summed E-state index contributed by atoms with van der Waals surface area (Å²) in [5.74, 6) is -1.57. The summed E-state index contributed by atoms with van der Waals surface area (Å²) in [6.45, 7) is 1.77. The van der Waals surface area contributed by atoms with Crippen LogP contribution in [0.2, 0.25) is 0 Å². The third-order valence-electron chi connectivity index (χ3n) is 3.60. The summed E-state index contributed by atoms with van der Waals surface area (Å²) in [6.07, 6.45) is 4.21. The summed E-state index contributed by atoms with van der Waals surface area (Å²) in [7, 11) is 1.72. The first-order valence-corrected chi connectivity index (χ1v) is 6.69. The first-order valence-electron chi connectivity index (χ1n) is 6.69. The van der Waals surface area contributed by atoms with Gasteiger partial charge in [-0.15, -0.1) is 0 Å². The minimum absolute atomic E-state index is 0.180. The lowest BCUT2D eigenvalue weighted by atomic mass is 10.1. The van der Waals surface area contributed by atoms with E-state index in [1.165, 1.54) is 30.4 Å². The Bertz CT molecular complexity index is 490. The summed E-state index contributed by atoms with van der Waals surface area (Å²) in [5, 5.41) is 3.23. The fraction of sp³-hybridized carbons (Fsp3) is 0.400. The Hall–Kier alpha value is -1.75. The van der Waals surface area contributed by atoms with Crippen LogP contribution in [0, 0.1) is 11.6 Å². The molecular weight excluding hydrogens is 262 g/mol. The standard InChI is InChI=1S/C15H18F2N2O/c1-19(11-7-9-18-10-8-11)15(20)6-5-12-13(16)3-2-4-14(12)17/h2-6,11,18H,7-10H2,1H3. The molecule has 108 valence electrons. The van der Waals surface area contributed by atoms with Crippen molar-refractivity contribution < 1.29 is 13.6 Å². The number of rotatable bonds is 3. The summed E-state index contributed by atoms with van der Waals surface area (Å²) < 4.78 is 26.9.